The molecule has 1 saturated heterocycles. The van der Waals surface area contributed by atoms with Crippen LogP contribution in [0.2, 0.25) is 0 Å². The molecule has 2 aromatic carbocycles. The fourth-order valence-corrected chi connectivity index (χ4v) is 3.35. The number of furan rings is 1. The molecule has 2 heterocycles. The van der Waals surface area contributed by atoms with Crippen molar-refractivity contribution in [3.05, 3.63) is 82.6 Å². The minimum atomic E-state index is -0.453. The Kier molecular flexibility index (Phi) is 6.09. The van der Waals surface area contributed by atoms with E-state index in [4.69, 9.17) is 9.15 Å². The molecule has 158 valence electrons. The summed E-state index contributed by atoms with van der Waals surface area (Å²) in [4.78, 5) is 25.2. The third-order valence-electron chi connectivity index (χ3n) is 4.90. The topological polar surface area (TPSA) is 97.8 Å². The Balaban J connectivity index is 1.38. The van der Waals surface area contributed by atoms with Gasteiger partial charge in [0.2, 0.25) is 5.91 Å². The van der Waals surface area contributed by atoms with Crippen LogP contribution in [0.1, 0.15) is 5.76 Å². The summed E-state index contributed by atoms with van der Waals surface area (Å²) in [7, 11) is 0. The van der Waals surface area contributed by atoms with Gasteiger partial charge in [0, 0.05) is 36.6 Å². The van der Waals surface area contributed by atoms with Crippen molar-refractivity contribution in [1.82, 2.24) is 0 Å². The molecule has 0 aliphatic carbocycles. The number of ether oxygens (including phenoxy) is 1. The quantitative estimate of drug-likeness (QED) is 0.363. The Morgan fingerprint density at radius 3 is 2.52 bits per heavy atom. The van der Waals surface area contributed by atoms with Crippen LogP contribution in [0, 0.1) is 10.1 Å². The molecule has 1 fully saturated rings. The zero-order valence-electron chi connectivity index (χ0n) is 16.7. The van der Waals surface area contributed by atoms with Gasteiger partial charge in [-0.05, 0) is 48.5 Å². The second-order valence-corrected chi connectivity index (χ2v) is 6.95. The summed E-state index contributed by atoms with van der Waals surface area (Å²) in [6.07, 6.45) is 2.88. The average molecular weight is 419 g/mol. The molecular formula is C23H21N3O5. The maximum Gasteiger partial charge on any atom is 0.280 e. The fraction of sp³-hybridized carbons (Fsp3) is 0.174. The number of nitrogens with one attached hydrogen (secondary N) is 1. The van der Waals surface area contributed by atoms with Gasteiger partial charge in [-0.1, -0.05) is 12.1 Å². The maximum atomic E-state index is 12.2. The number of para-hydroxylation sites is 1. The van der Waals surface area contributed by atoms with E-state index < -0.39 is 4.92 Å². The van der Waals surface area contributed by atoms with Crippen LogP contribution in [0.4, 0.5) is 17.1 Å². The van der Waals surface area contributed by atoms with Gasteiger partial charge in [-0.2, -0.15) is 0 Å². The number of amides is 1. The number of morpholine rings is 1. The molecule has 1 aliphatic rings. The van der Waals surface area contributed by atoms with Crippen molar-refractivity contribution in [1.29, 1.82) is 0 Å². The molecular weight excluding hydrogens is 398 g/mol. The predicted octanol–water partition coefficient (Wildman–Crippen LogP) is 4.34. The highest BCUT2D eigenvalue weighted by Gasteiger charge is 2.16. The van der Waals surface area contributed by atoms with Crippen molar-refractivity contribution in [2.24, 2.45) is 0 Å². The van der Waals surface area contributed by atoms with Gasteiger partial charge in [0.25, 0.3) is 5.69 Å². The number of anilines is 2. The number of carbonyl (C=O) groups excluding carboxylic acids is 1. The van der Waals surface area contributed by atoms with E-state index in [0.717, 1.165) is 32.0 Å². The maximum absolute atomic E-state index is 12.2. The second kappa shape index (κ2) is 9.27. The number of benzene rings is 2. The largest absolute Gasteiger partial charge is 0.456 e. The Morgan fingerprint density at radius 1 is 1.03 bits per heavy atom. The monoisotopic (exact) mass is 419 g/mol. The number of carbonyl (C=O) groups is 1. The number of hydrogen-bond donors (Lipinski definition) is 1. The number of nitro groups is 1. The first-order valence-electron chi connectivity index (χ1n) is 9.85. The molecule has 0 unspecified atom stereocenters. The van der Waals surface area contributed by atoms with Crippen LogP contribution in [0.3, 0.4) is 0 Å². The van der Waals surface area contributed by atoms with E-state index >= 15 is 0 Å². The first-order chi connectivity index (χ1) is 15.1. The summed E-state index contributed by atoms with van der Waals surface area (Å²) in [5, 5.41) is 14.0. The lowest BCUT2D eigenvalue weighted by Gasteiger charge is -2.28. The summed E-state index contributed by atoms with van der Waals surface area (Å²) in [5.74, 6) is 0.486. The Hall–Kier alpha value is -3.91. The van der Waals surface area contributed by atoms with E-state index in [1.165, 1.54) is 18.2 Å². The van der Waals surface area contributed by atoms with E-state index in [1.807, 2.05) is 24.3 Å². The van der Waals surface area contributed by atoms with Gasteiger partial charge >= 0.3 is 0 Å². The van der Waals surface area contributed by atoms with Crippen LogP contribution in [-0.4, -0.2) is 37.1 Å². The van der Waals surface area contributed by atoms with Crippen molar-refractivity contribution in [2.75, 3.05) is 36.5 Å². The Morgan fingerprint density at radius 2 is 1.77 bits per heavy atom. The van der Waals surface area contributed by atoms with Gasteiger partial charge in [-0.25, -0.2) is 0 Å². The molecule has 1 amide bonds. The molecule has 1 N–H and O–H groups in total. The van der Waals surface area contributed by atoms with Crippen LogP contribution in [0.5, 0.6) is 0 Å². The van der Waals surface area contributed by atoms with Gasteiger partial charge in [0.15, 0.2) is 0 Å². The van der Waals surface area contributed by atoms with Gasteiger partial charge in [0.05, 0.1) is 23.7 Å². The van der Waals surface area contributed by atoms with Gasteiger partial charge in [-0.3, -0.25) is 14.9 Å². The van der Waals surface area contributed by atoms with E-state index in [1.54, 1.807) is 30.3 Å². The molecule has 0 bridgehead atoms. The van der Waals surface area contributed by atoms with E-state index in [-0.39, 0.29) is 11.6 Å². The van der Waals surface area contributed by atoms with Crippen LogP contribution in [-0.2, 0) is 9.53 Å². The first kappa shape index (κ1) is 20.4. The standard InChI is InChI=1S/C23H21N3O5/c27-23(24-17-5-7-18(8-6-17)25-13-15-30-16-14-25)12-10-19-9-11-22(31-19)20-3-1-2-4-21(20)26(28)29/h1-12H,13-16H2,(H,24,27). The van der Waals surface area contributed by atoms with Gasteiger partial charge in [-0.15, -0.1) is 0 Å². The molecule has 4 rings (SSSR count). The van der Waals surface area contributed by atoms with Crippen molar-refractivity contribution >= 4 is 29.0 Å². The van der Waals surface area contributed by atoms with Crippen LogP contribution >= 0.6 is 0 Å². The summed E-state index contributed by atoms with van der Waals surface area (Å²) >= 11 is 0. The molecule has 0 spiro atoms. The molecule has 8 heteroatoms. The SMILES string of the molecule is O=C(C=Cc1ccc(-c2ccccc2[N+](=O)[O-])o1)Nc1ccc(N2CCOCC2)cc1. The highest BCUT2D eigenvalue weighted by molar-refractivity contribution is 6.01. The van der Waals surface area contributed by atoms with Crippen molar-refractivity contribution in [2.45, 2.75) is 0 Å². The highest BCUT2D eigenvalue weighted by atomic mass is 16.6. The first-order valence-corrected chi connectivity index (χ1v) is 9.85. The third kappa shape index (κ3) is 4.99. The number of nitrogens with zero attached hydrogens (tertiary/aromatic N) is 2. The number of nitro benzene ring substituents is 1. The zero-order valence-corrected chi connectivity index (χ0v) is 16.7. The Bertz CT molecular complexity index is 1100. The minimum Gasteiger partial charge on any atom is -0.456 e. The third-order valence-corrected chi connectivity index (χ3v) is 4.90. The molecule has 0 atom stereocenters. The molecule has 0 saturated carbocycles. The van der Waals surface area contributed by atoms with Crippen LogP contribution in [0.25, 0.3) is 17.4 Å². The number of hydrogen-bond acceptors (Lipinski definition) is 6. The van der Waals surface area contributed by atoms with Crippen LogP contribution in [0.15, 0.2) is 71.2 Å². The van der Waals surface area contributed by atoms with Crippen molar-refractivity contribution < 1.29 is 18.9 Å². The highest BCUT2D eigenvalue weighted by Crippen LogP contribution is 2.31. The lowest BCUT2D eigenvalue weighted by molar-refractivity contribution is -0.384. The molecule has 3 aromatic rings. The molecule has 1 aromatic heterocycles. The van der Waals surface area contributed by atoms with Crippen LogP contribution < -0.4 is 10.2 Å². The molecule has 0 radical (unpaired) electrons. The average Bonchev–Trinajstić information content (AvgIpc) is 3.28. The van der Waals surface area contributed by atoms with Gasteiger partial charge in [0.1, 0.15) is 11.5 Å². The van der Waals surface area contributed by atoms with Crippen molar-refractivity contribution in [3.8, 4) is 11.3 Å². The number of rotatable bonds is 6. The second-order valence-electron chi connectivity index (χ2n) is 6.95. The normalized spacial score (nSPS) is 14.0. The van der Waals surface area contributed by atoms with Crippen molar-refractivity contribution in [3.63, 3.8) is 0 Å². The summed E-state index contributed by atoms with van der Waals surface area (Å²) in [5.41, 5.74) is 2.13. The summed E-state index contributed by atoms with van der Waals surface area (Å²) in [6, 6.07) is 17.3. The molecule has 31 heavy (non-hydrogen) atoms. The fourth-order valence-electron chi connectivity index (χ4n) is 3.35. The summed E-state index contributed by atoms with van der Waals surface area (Å²) in [6.45, 7) is 3.14. The Labute approximate surface area is 178 Å². The summed E-state index contributed by atoms with van der Waals surface area (Å²) < 4.78 is 11.0. The van der Waals surface area contributed by atoms with E-state index in [2.05, 4.69) is 10.2 Å². The lowest BCUT2D eigenvalue weighted by atomic mass is 10.1. The van der Waals surface area contributed by atoms with E-state index in [9.17, 15) is 14.9 Å². The lowest BCUT2D eigenvalue weighted by Crippen LogP contribution is -2.36. The molecule has 1 aliphatic heterocycles. The van der Waals surface area contributed by atoms with Gasteiger partial charge < -0.3 is 19.4 Å². The smallest absolute Gasteiger partial charge is 0.280 e. The zero-order chi connectivity index (χ0) is 21.6. The molecule has 8 nitrogen and oxygen atoms in total. The minimum absolute atomic E-state index is 0.0364. The van der Waals surface area contributed by atoms with E-state index in [0.29, 0.717) is 22.8 Å². The predicted molar refractivity (Wildman–Crippen MR) is 118 cm³/mol.